The average molecular weight is 266 g/mol. The van der Waals surface area contributed by atoms with Gasteiger partial charge in [-0.15, -0.1) is 0 Å². The largest absolute Gasteiger partial charge is 0.338 e. The van der Waals surface area contributed by atoms with Crippen LogP contribution in [0.3, 0.4) is 0 Å². The third kappa shape index (κ3) is 3.31. The van der Waals surface area contributed by atoms with Gasteiger partial charge in [0.1, 0.15) is 0 Å². The molecular formula is C16H30N2O. The molecule has 1 saturated heterocycles. The second-order valence-corrected chi connectivity index (χ2v) is 6.95. The molecule has 1 N–H and O–H groups in total. The average Bonchev–Trinajstić information content (AvgIpc) is 2.70. The first-order chi connectivity index (χ1) is 9.00. The maximum absolute atomic E-state index is 12.6. The van der Waals surface area contributed by atoms with E-state index in [4.69, 9.17) is 0 Å². The van der Waals surface area contributed by atoms with E-state index in [-0.39, 0.29) is 6.04 Å². The highest BCUT2D eigenvalue weighted by molar-refractivity contribution is 5.84. The van der Waals surface area contributed by atoms with Crippen LogP contribution >= 0.6 is 0 Å². The van der Waals surface area contributed by atoms with Crippen LogP contribution in [0.2, 0.25) is 0 Å². The molecule has 2 aliphatic rings. The topological polar surface area (TPSA) is 32.3 Å². The van der Waals surface area contributed by atoms with Gasteiger partial charge in [-0.1, -0.05) is 40.5 Å². The fourth-order valence-electron chi connectivity index (χ4n) is 3.89. The molecule has 2 rings (SSSR count). The Hall–Kier alpha value is -0.570. The number of rotatable bonds is 4. The highest BCUT2D eigenvalue weighted by Crippen LogP contribution is 2.35. The Morgan fingerprint density at radius 2 is 1.79 bits per heavy atom. The van der Waals surface area contributed by atoms with Crippen molar-refractivity contribution in [3.63, 3.8) is 0 Å². The van der Waals surface area contributed by atoms with Crippen LogP contribution in [0.15, 0.2) is 0 Å². The third-order valence-electron chi connectivity index (χ3n) is 4.81. The molecule has 19 heavy (non-hydrogen) atoms. The molecule has 3 unspecified atom stereocenters. The van der Waals surface area contributed by atoms with Crippen molar-refractivity contribution in [3.05, 3.63) is 0 Å². The van der Waals surface area contributed by atoms with Gasteiger partial charge in [-0.2, -0.15) is 0 Å². The van der Waals surface area contributed by atoms with Gasteiger partial charge in [0, 0.05) is 18.6 Å². The summed E-state index contributed by atoms with van der Waals surface area (Å²) in [4.78, 5) is 14.8. The summed E-state index contributed by atoms with van der Waals surface area (Å²) in [5, 5.41) is 3.41. The summed E-state index contributed by atoms with van der Waals surface area (Å²) in [5.41, 5.74) is 0. The molecule has 0 aromatic rings. The predicted molar refractivity (Wildman–Crippen MR) is 79.0 cm³/mol. The van der Waals surface area contributed by atoms with Crippen molar-refractivity contribution < 1.29 is 4.79 Å². The van der Waals surface area contributed by atoms with Gasteiger partial charge in [-0.3, -0.25) is 4.79 Å². The van der Waals surface area contributed by atoms with Gasteiger partial charge < -0.3 is 10.2 Å². The molecule has 0 spiro atoms. The fraction of sp³-hybridized carbons (Fsp3) is 0.938. The Balaban J connectivity index is 2.02. The van der Waals surface area contributed by atoms with E-state index in [1.54, 1.807) is 0 Å². The maximum Gasteiger partial charge on any atom is 0.240 e. The fourth-order valence-corrected chi connectivity index (χ4v) is 3.89. The zero-order valence-corrected chi connectivity index (χ0v) is 13.0. The van der Waals surface area contributed by atoms with Gasteiger partial charge in [0.25, 0.3) is 0 Å². The maximum atomic E-state index is 12.6. The molecule has 3 atom stereocenters. The molecule has 0 bridgehead atoms. The lowest BCUT2D eigenvalue weighted by Gasteiger charge is -2.40. The minimum absolute atomic E-state index is 0.0646. The van der Waals surface area contributed by atoms with E-state index >= 15 is 0 Å². The molecule has 1 heterocycles. The van der Waals surface area contributed by atoms with Gasteiger partial charge in [-0.05, 0) is 31.1 Å². The lowest BCUT2D eigenvalue weighted by Crippen LogP contribution is -2.48. The number of amides is 1. The summed E-state index contributed by atoms with van der Waals surface area (Å²) in [6.07, 6.45) is 6.13. The molecule has 1 aliphatic carbocycles. The highest BCUT2D eigenvalue weighted by atomic mass is 16.2. The Morgan fingerprint density at radius 3 is 2.42 bits per heavy atom. The van der Waals surface area contributed by atoms with Crippen molar-refractivity contribution in [2.45, 2.75) is 77.9 Å². The third-order valence-corrected chi connectivity index (χ3v) is 4.81. The SMILES string of the molecule is CC(C)NC1CCN(C2CCCCC2C(C)C)C1=O. The summed E-state index contributed by atoms with van der Waals surface area (Å²) < 4.78 is 0. The van der Waals surface area contributed by atoms with Crippen molar-refractivity contribution >= 4 is 5.91 Å². The number of nitrogens with zero attached hydrogens (tertiary/aromatic N) is 1. The second-order valence-electron chi connectivity index (χ2n) is 6.95. The minimum Gasteiger partial charge on any atom is -0.338 e. The first-order valence-corrected chi connectivity index (χ1v) is 8.07. The zero-order chi connectivity index (χ0) is 14.0. The summed E-state index contributed by atoms with van der Waals surface area (Å²) in [6.45, 7) is 9.82. The molecule has 1 saturated carbocycles. The molecule has 0 radical (unpaired) electrons. The van der Waals surface area contributed by atoms with Gasteiger partial charge >= 0.3 is 0 Å². The number of hydrogen-bond donors (Lipinski definition) is 1. The first-order valence-electron chi connectivity index (χ1n) is 8.07. The minimum atomic E-state index is 0.0646. The normalized spacial score (nSPS) is 32.6. The molecule has 2 fully saturated rings. The molecule has 3 heteroatoms. The number of hydrogen-bond acceptors (Lipinski definition) is 2. The zero-order valence-electron chi connectivity index (χ0n) is 13.0. The second kappa shape index (κ2) is 6.25. The van der Waals surface area contributed by atoms with Crippen LogP contribution in [0.1, 0.15) is 59.8 Å². The summed E-state index contributed by atoms with van der Waals surface area (Å²) in [7, 11) is 0. The van der Waals surface area contributed by atoms with Gasteiger partial charge in [0.15, 0.2) is 0 Å². The Morgan fingerprint density at radius 1 is 1.11 bits per heavy atom. The van der Waals surface area contributed by atoms with Crippen LogP contribution in [0.5, 0.6) is 0 Å². The Bertz CT molecular complexity index is 314. The molecule has 3 nitrogen and oxygen atoms in total. The molecule has 110 valence electrons. The van der Waals surface area contributed by atoms with E-state index in [9.17, 15) is 4.79 Å². The Labute approximate surface area is 118 Å². The number of likely N-dealkylation sites (tertiary alicyclic amines) is 1. The van der Waals surface area contributed by atoms with Crippen LogP contribution in [0.4, 0.5) is 0 Å². The van der Waals surface area contributed by atoms with Gasteiger partial charge in [-0.25, -0.2) is 0 Å². The Kier molecular flexibility index (Phi) is 4.88. The van der Waals surface area contributed by atoms with Crippen molar-refractivity contribution in [1.29, 1.82) is 0 Å². The predicted octanol–water partition coefficient (Wildman–Crippen LogP) is 2.80. The molecular weight excluding hydrogens is 236 g/mol. The van der Waals surface area contributed by atoms with E-state index in [0.29, 0.717) is 29.8 Å². The van der Waals surface area contributed by atoms with E-state index in [2.05, 4.69) is 37.9 Å². The van der Waals surface area contributed by atoms with E-state index in [1.165, 1.54) is 25.7 Å². The van der Waals surface area contributed by atoms with Crippen LogP contribution in [0.25, 0.3) is 0 Å². The quantitative estimate of drug-likeness (QED) is 0.848. The van der Waals surface area contributed by atoms with Crippen LogP contribution in [-0.2, 0) is 4.79 Å². The van der Waals surface area contributed by atoms with Crippen molar-refractivity contribution in [1.82, 2.24) is 10.2 Å². The summed E-state index contributed by atoms with van der Waals surface area (Å²) in [6, 6.07) is 0.955. The highest BCUT2D eigenvalue weighted by Gasteiger charge is 2.40. The molecule has 0 aromatic heterocycles. The van der Waals surface area contributed by atoms with Crippen molar-refractivity contribution in [2.24, 2.45) is 11.8 Å². The van der Waals surface area contributed by atoms with E-state index < -0.39 is 0 Å². The summed E-state index contributed by atoms with van der Waals surface area (Å²) in [5.74, 6) is 1.75. The van der Waals surface area contributed by atoms with Crippen molar-refractivity contribution in [3.8, 4) is 0 Å². The first kappa shape index (κ1) is 14.8. The van der Waals surface area contributed by atoms with Crippen molar-refractivity contribution in [2.75, 3.05) is 6.54 Å². The van der Waals surface area contributed by atoms with Crippen LogP contribution < -0.4 is 5.32 Å². The monoisotopic (exact) mass is 266 g/mol. The van der Waals surface area contributed by atoms with E-state index in [0.717, 1.165) is 13.0 Å². The van der Waals surface area contributed by atoms with Gasteiger partial charge in [0.2, 0.25) is 5.91 Å². The lowest BCUT2D eigenvalue weighted by molar-refractivity contribution is -0.133. The molecule has 1 amide bonds. The molecule has 1 aliphatic heterocycles. The number of nitrogens with one attached hydrogen (secondary N) is 1. The van der Waals surface area contributed by atoms with Crippen LogP contribution in [0, 0.1) is 11.8 Å². The standard InChI is InChI=1S/C16H30N2O/c1-11(2)13-7-5-6-8-15(13)18-10-9-14(16(18)19)17-12(3)4/h11-15,17H,5-10H2,1-4H3. The lowest BCUT2D eigenvalue weighted by atomic mass is 9.77. The van der Waals surface area contributed by atoms with E-state index in [1.807, 2.05) is 0 Å². The van der Waals surface area contributed by atoms with Gasteiger partial charge in [0.05, 0.1) is 6.04 Å². The smallest absolute Gasteiger partial charge is 0.240 e. The van der Waals surface area contributed by atoms with Crippen LogP contribution in [-0.4, -0.2) is 35.5 Å². The number of carbonyl (C=O) groups is 1. The number of carbonyl (C=O) groups excluding carboxylic acids is 1. The molecule has 0 aromatic carbocycles. The summed E-state index contributed by atoms with van der Waals surface area (Å²) >= 11 is 0.